The molecule has 0 saturated heterocycles. The van der Waals surface area contributed by atoms with Gasteiger partial charge in [-0.1, -0.05) is 23.2 Å². The maximum Gasteiger partial charge on any atom is 0.204 e. The van der Waals surface area contributed by atoms with E-state index >= 15 is 0 Å². The summed E-state index contributed by atoms with van der Waals surface area (Å²) in [6.07, 6.45) is 4.64. The molecule has 4 heteroatoms. The third-order valence-electron chi connectivity index (χ3n) is 3.40. The maximum absolute atomic E-state index is 12.5. The fraction of sp³-hybridized carbons (Fsp3) is 0.267. The number of aryl methyl sites for hydroxylation is 2. The van der Waals surface area contributed by atoms with Crippen LogP contribution in [0.5, 0.6) is 0 Å². The first-order chi connectivity index (χ1) is 9.15. The van der Waals surface area contributed by atoms with E-state index < -0.39 is 0 Å². The van der Waals surface area contributed by atoms with Crippen molar-refractivity contribution in [3.8, 4) is 0 Å². The number of carbonyl (C=O) groups is 1. The third kappa shape index (κ3) is 2.58. The SMILES string of the molecule is O=C(c1cc2c(s1)CCCC2)c1ccc(Cl)cc1Cl. The van der Waals surface area contributed by atoms with E-state index in [2.05, 4.69) is 0 Å². The maximum atomic E-state index is 12.5. The molecule has 3 rings (SSSR count). The first-order valence-corrected chi connectivity index (χ1v) is 7.84. The molecular weight excluding hydrogens is 299 g/mol. The van der Waals surface area contributed by atoms with E-state index in [0.717, 1.165) is 17.7 Å². The Labute approximate surface area is 126 Å². The van der Waals surface area contributed by atoms with Crippen LogP contribution in [0.4, 0.5) is 0 Å². The summed E-state index contributed by atoms with van der Waals surface area (Å²) in [5.74, 6) is 0.000988. The summed E-state index contributed by atoms with van der Waals surface area (Å²) in [4.78, 5) is 14.6. The first kappa shape index (κ1) is 13.2. The number of carbonyl (C=O) groups excluding carboxylic acids is 1. The van der Waals surface area contributed by atoms with Gasteiger partial charge in [-0.2, -0.15) is 0 Å². The van der Waals surface area contributed by atoms with Gasteiger partial charge in [0.1, 0.15) is 0 Å². The minimum atomic E-state index is 0.000988. The smallest absolute Gasteiger partial charge is 0.204 e. The summed E-state index contributed by atoms with van der Waals surface area (Å²) >= 11 is 13.6. The van der Waals surface area contributed by atoms with E-state index in [1.54, 1.807) is 29.5 Å². The van der Waals surface area contributed by atoms with Gasteiger partial charge in [-0.25, -0.2) is 0 Å². The van der Waals surface area contributed by atoms with Gasteiger partial charge >= 0.3 is 0 Å². The van der Waals surface area contributed by atoms with Crippen LogP contribution in [-0.2, 0) is 12.8 Å². The van der Waals surface area contributed by atoms with Gasteiger partial charge in [-0.15, -0.1) is 11.3 Å². The Bertz CT molecular complexity index is 622. The van der Waals surface area contributed by atoms with Gasteiger partial charge in [0.05, 0.1) is 9.90 Å². The fourth-order valence-corrected chi connectivity index (χ4v) is 4.11. The molecule has 0 fully saturated rings. The summed E-state index contributed by atoms with van der Waals surface area (Å²) in [5, 5.41) is 0.968. The molecule has 0 N–H and O–H groups in total. The Morgan fingerprint density at radius 2 is 1.89 bits per heavy atom. The van der Waals surface area contributed by atoms with E-state index in [9.17, 15) is 4.79 Å². The molecule has 98 valence electrons. The largest absolute Gasteiger partial charge is 0.288 e. The van der Waals surface area contributed by atoms with E-state index in [0.29, 0.717) is 15.6 Å². The van der Waals surface area contributed by atoms with Crippen molar-refractivity contribution >= 4 is 40.3 Å². The average Bonchev–Trinajstić information content (AvgIpc) is 2.81. The highest BCUT2D eigenvalue weighted by molar-refractivity contribution is 7.14. The summed E-state index contributed by atoms with van der Waals surface area (Å²) in [6, 6.07) is 7.05. The van der Waals surface area contributed by atoms with Crippen LogP contribution in [0, 0.1) is 0 Å². The number of halogens is 2. The molecule has 0 atom stereocenters. The first-order valence-electron chi connectivity index (χ1n) is 6.26. The van der Waals surface area contributed by atoms with Crippen LogP contribution in [0.1, 0.15) is 38.5 Å². The van der Waals surface area contributed by atoms with E-state index in [1.165, 1.54) is 23.3 Å². The number of thiophene rings is 1. The van der Waals surface area contributed by atoms with Crippen molar-refractivity contribution in [1.82, 2.24) is 0 Å². The van der Waals surface area contributed by atoms with Crippen LogP contribution in [0.25, 0.3) is 0 Å². The molecule has 2 aromatic rings. The highest BCUT2D eigenvalue weighted by Gasteiger charge is 2.19. The van der Waals surface area contributed by atoms with Gasteiger partial charge in [-0.05, 0) is 55.5 Å². The minimum Gasteiger partial charge on any atom is -0.288 e. The lowest BCUT2D eigenvalue weighted by molar-refractivity contribution is 0.104. The van der Waals surface area contributed by atoms with Crippen molar-refractivity contribution in [2.24, 2.45) is 0 Å². The van der Waals surface area contributed by atoms with Gasteiger partial charge in [0.15, 0.2) is 0 Å². The molecule has 0 unspecified atom stereocenters. The Balaban J connectivity index is 1.97. The molecule has 0 bridgehead atoms. The van der Waals surface area contributed by atoms with Gasteiger partial charge in [0.2, 0.25) is 5.78 Å². The van der Waals surface area contributed by atoms with Crippen LogP contribution < -0.4 is 0 Å². The predicted molar refractivity (Wildman–Crippen MR) is 80.9 cm³/mol. The molecule has 0 amide bonds. The van der Waals surface area contributed by atoms with Crippen LogP contribution in [0.2, 0.25) is 10.0 Å². The van der Waals surface area contributed by atoms with Crippen LogP contribution >= 0.6 is 34.5 Å². The summed E-state index contributed by atoms with van der Waals surface area (Å²) < 4.78 is 0. The Kier molecular flexibility index (Phi) is 3.66. The zero-order valence-electron chi connectivity index (χ0n) is 10.2. The molecular formula is C15H12Cl2OS. The molecule has 19 heavy (non-hydrogen) atoms. The minimum absolute atomic E-state index is 0.000988. The van der Waals surface area contributed by atoms with Gasteiger partial charge in [0.25, 0.3) is 0 Å². The van der Waals surface area contributed by atoms with Crippen molar-refractivity contribution in [3.63, 3.8) is 0 Å². The predicted octanol–water partition coefficient (Wildman–Crippen LogP) is 5.16. The van der Waals surface area contributed by atoms with Gasteiger partial charge in [0, 0.05) is 15.5 Å². The second-order valence-electron chi connectivity index (χ2n) is 4.72. The van der Waals surface area contributed by atoms with E-state index in [1.807, 2.05) is 6.07 Å². The number of hydrogen-bond donors (Lipinski definition) is 0. The van der Waals surface area contributed by atoms with Crippen LogP contribution in [0.3, 0.4) is 0 Å². The molecule has 1 aromatic carbocycles. The molecule has 1 aromatic heterocycles. The molecule has 0 saturated carbocycles. The van der Waals surface area contributed by atoms with Crippen molar-refractivity contribution < 1.29 is 4.79 Å². The number of ketones is 1. The topological polar surface area (TPSA) is 17.1 Å². The van der Waals surface area contributed by atoms with E-state index in [4.69, 9.17) is 23.2 Å². The lowest BCUT2D eigenvalue weighted by atomic mass is 9.98. The van der Waals surface area contributed by atoms with Crippen molar-refractivity contribution in [2.75, 3.05) is 0 Å². The highest BCUT2D eigenvalue weighted by atomic mass is 35.5. The summed E-state index contributed by atoms with van der Waals surface area (Å²) in [7, 11) is 0. The van der Waals surface area contributed by atoms with Crippen molar-refractivity contribution in [3.05, 3.63) is 55.2 Å². The van der Waals surface area contributed by atoms with Crippen molar-refractivity contribution in [2.45, 2.75) is 25.7 Å². The Hall–Kier alpha value is -0.830. The Morgan fingerprint density at radius 3 is 2.63 bits per heavy atom. The molecule has 1 aliphatic carbocycles. The molecule has 1 heterocycles. The molecule has 1 aliphatic rings. The van der Waals surface area contributed by atoms with Gasteiger partial charge < -0.3 is 0 Å². The molecule has 0 aliphatic heterocycles. The quantitative estimate of drug-likeness (QED) is 0.700. The van der Waals surface area contributed by atoms with Crippen molar-refractivity contribution in [1.29, 1.82) is 0 Å². The molecule has 0 spiro atoms. The summed E-state index contributed by atoms with van der Waals surface area (Å²) in [5.41, 5.74) is 1.87. The normalized spacial score (nSPS) is 14.2. The third-order valence-corrected chi connectivity index (χ3v) is 5.18. The number of rotatable bonds is 2. The van der Waals surface area contributed by atoms with Gasteiger partial charge in [-0.3, -0.25) is 4.79 Å². The average molecular weight is 311 g/mol. The number of hydrogen-bond acceptors (Lipinski definition) is 2. The number of fused-ring (bicyclic) bond motifs is 1. The number of benzene rings is 1. The fourth-order valence-electron chi connectivity index (χ4n) is 2.41. The molecule has 0 radical (unpaired) electrons. The lowest BCUT2D eigenvalue weighted by Gasteiger charge is -2.08. The molecule has 1 nitrogen and oxygen atoms in total. The Morgan fingerprint density at radius 1 is 1.11 bits per heavy atom. The van der Waals surface area contributed by atoms with Crippen LogP contribution in [-0.4, -0.2) is 5.78 Å². The highest BCUT2D eigenvalue weighted by Crippen LogP contribution is 2.32. The van der Waals surface area contributed by atoms with E-state index in [-0.39, 0.29) is 5.78 Å². The van der Waals surface area contributed by atoms with Crippen LogP contribution in [0.15, 0.2) is 24.3 Å². The standard InChI is InChI=1S/C15H12Cl2OS/c16-10-5-6-11(12(17)8-10)15(18)14-7-9-3-1-2-4-13(9)19-14/h5-8H,1-4H2. The zero-order chi connectivity index (χ0) is 13.4. The lowest BCUT2D eigenvalue weighted by Crippen LogP contribution is -1.99. The summed E-state index contributed by atoms with van der Waals surface area (Å²) in [6.45, 7) is 0. The monoisotopic (exact) mass is 310 g/mol. The second kappa shape index (κ2) is 5.28. The second-order valence-corrected chi connectivity index (χ2v) is 6.70. The zero-order valence-corrected chi connectivity index (χ0v) is 12.5.